The molecule has 6 nitrogen and oxygen atoms in total. The normalized spacial score (nSPS) is 41.1. The van der Waals surface area contributed by atoms with Crippen LogP contribution in [-0.4, -0.2) is 41.4 Å². The quantitative estimate of drug-likeness (QED) is 0.133. The number of allylic oxidation sites excluding steroid dienone is 1. The van der Waals surface area contributed by atoms with Gasteiger partial charge in [0.05, 0.1) is 5.41 Å². The van der Waals surface area contributed by atoms with Gasteiger partial charge in [0, 0.05) is 31.3 Å². The highest BCUT2D eigenvalue weighted by Crippen LogP contribution is 2.77. The van der Waals surface area contributed by atoms with Gasteiger partial charge in [0.25, 0.3) is 0 Å². The van der Waals surface area contributed by atoms with E-state index < -0.39 is 11.4 Å². The zero-order valence-electron chi connectivity index (χ0n) is 32.9. The summed E-state index contributed by atoms with van der Waals surface area (Å²) in [4.78, 5) is 36.9. The molecule has 10 atom stereocenters. The van der Waals surface area contributed by atoms with Crippen LogP contribution in [0.15, 0.2) is 12.2 Å². The molecule has 0 aromatic carbocycles. The number of hydrogen-bond acceptors (Lipinski definition) is 4. The monoisotopic (exact) mass is 681 g/mol. The first-order valence-corrected chi connectivity index (χ1v) is 20.2. The highest BCUT2D eigenvalue weighted by atomic mass is 16.4. The molecule has 5 fully saturated rings. The average molecular weight is 681 g/mol. The Morgan fingerprint density at radius 3 is 2.08 bits per heavy atom. The standard InChI is InChI=1S/C43H72N2O4/c1-28(2)30-17-22-43(45-26-14-12-11-13-25-44-29(3)46)24-23-41(9)32(36(30)43)15-16-35-40(8)20-18-31(33(47)27-38(4,5)37(48)49)39(6,7)34(40)19-21-42(35,41)10/h30-32,34-36,45H,1,11-27H2,2-10H3,(H,44,46)(H,48,49)/t30-,31+,32?,34?,35?,36?,40-,41+,42+,43-/m0/s1. The maximum atomic E-state index is 13.8. The van der Waals surface area contributed by atoms with Gasteiger partial charge in [-0.2, -0.15) is 0 Å². The van der Waals surface area contributed by atoms with Crippen LogP contribution in [0.4, 0.5) is 0 Å². The zero-order chi connectivity index (χ0) is 36.2. The molecular weight excluding hydrogens is 608 g/mol. The molecule has 0 radical (unpaired) electrons. The first kappa shape index (κ1) is 38.5. The van der Waals surface area contributed by atoms with Gasteiger partial charge in [-0.3, -0.25) is 14.4 Å². The van der Waals surface area contributed by atoms with Crippen LogP contribution in [0.2, 0.25) is 0 Å². The third kappa shape index (κ3) is 6.50. The van der Waals surface area contributed by atoms with Crippen molar-refractivity contribution in [3.63, 3.8) is 0 Å². The van der Waals surface area contributed by atoms with Crippen LogP contribution in [0.1, 0.15) is 159 Å². The van der Waals surface area contributed by atoms with Crippen LogP contribution in [0.5, 0.6) is 0 Å². The fraction of sp³-hybridized carbons (Fsp3) is 0.884. The summed E-state index contributed by atoms with van der Waals surface area (Å²) >= 11 is 0. The summed E-state index contributed by atoms with van der Waals surface area (Å²) < 4.78 is 0. The summed E-state index contributed by atoms with van der Waals surface area (Å²) in [6.45, 7) is 26.4. The Hall–Kier alpha value is -1.69. The van der Waals surface area contributed by atoms with Crippen LogP contribution < -0.4 is 10.6 Å². The Labute approximate surface area is 299 Å². The number of nitrogens with one attached hydrogen (secondary N) is 2. The van der Waals surface area contributed by atoms with E-state index in [0.717, 1.165) is 32.4 Å². The van der Waals surface area contributed by atoms with Crippen molar-refractivity contribution < 1.29 is 19.5 Å². The molecule has 5 aliphatic rings. The lowest BCUT2D eigenvalue weighted by Crippen LogP contribution is -2.68. The summed E-state index contributed by atoms with van der Waals surface area (Å²) in [6.07, 6.45) is 16.8. The van der Waals surface area contributed by atoms with E-state index in [-0.39, 0.29) is 51.2 Å². The summed E-state index contributed by atoms with van der Waals surface area (Å²) in [5.74, 6) is 2.35. The van der Waals surface area contributed by atoms with Crippen LogP contribution >= 0.6 is 0 Å². The number of carboxylic acid groups (broad SMARTS) is 1. The van der Waals surface area contributed by atoms with Crippen LogP contribution in [0.3, 0.4) is 0 Å². The van der Waals surface area contributed by atoms with Crippen molar-refractivity contribution >= 4 is 17.7 Å². The predicted octanol–water partition coefficient (Wildman–Crippen LogP) is 9.37. The highest BCUT2D eigenvalue weighted by Gasteiger charge is 2.71. The fourth-order valence-corrected chi connectivity index (χ4v) is 13.9. The fourth-order valence-electron chi connectivity index (χ4n) is 13.9. The molecule has 4 unspecified atom stereocenters. The number of carboxylic acids is 1. The molecule has 0 heterocycles. The number of Topliss-reactive ketones (excluding diaryl/α,β-unsaturated/α-hetero) is 1. The molecule has 0 spiro atoms. The first-order valence-electron chi connectivity index (χ1n) is 20.2. The summed E-state index contributed by atoms with van der Waals surface area (Å²) in [7, 11) is 0. The number of amides is 1. The van der Waals surface area contributed by atoms with Crippen molar-refractivity contribution in [2.24, 2.45) is 62.6 Å². The van der Waals surface area contributed by atoms with Crippen molar-refractivity contribution in [2.45, 2.75) is 164 Å². The molecule has 3 N–H and O–H groups in total. The molecule has 0 aromatic rings. The topological polar surface area (TPSA) is 95.5 Å². The zero-order valence-corrected chi connectivity index (χ0v) is 32.9. The predicted molar refractivity (Wildman–Crippen MR) is 199 cm³/mol. The second-order valence-corrected chi connectivity index (χ2v) is 19.9. The number of carbonyl (C=O) groups is 3. The molecule has 0 bridgehead atoms. The number of carbonyl (C=O) groups excluding carboxylic acids is 2. The van der Waals surface area contributed by atoms with Gasteiger partial charge in [0.2, 0.25) is 5.91 Å². The Bertz CT molecular complexity index is 1290. The molecule has 0 aromatic heterocycles. The third-order valence-corrected chi connectivity index (χ3v) is 16.6. The van der Waals surface area contributed by atoms with Gasteiger partial charge in [0.15, 0.2) is 0 Å². The van der Waals surface area contributed by atoms with E-state index in [2.05, 4.69) is 58.8 Å². The largest absolute Gasteiger partial charge is 0.481 e. The molecule has 278 valence electrons. The third-order valence-electron chi connectivity index (χ3n) is 16.6. The Morgan fingerprint density at radius 1 is 0.776 bits per heavy atom. The SMILES string of the molecule is C=C(C)[C@@H]1CC[C@]2(NCCCCCCNC(C)=O)CC[C@]3(C)C(CCC4[C@@]5(C)CC[C@H](C(=O)CC(C)(C)C(=O)O)C(C)(C)C5CC[C@]43C)C12. The minimum Gasteiger partial charge on any atom is -0.481 e. The number of ketones is 1. The molecule has 5 rings (SSSR count). The summed E-state index contributed by atoms with van der Waals surface area (Å²) in [5.41, 5.74) is 1.19. The van der Waals surface area contributed by atoms with Gasteiger partial charge in [0.1, 0.15) is 5.78 Å². The maximum Gasteiger partial charge on any atom is 0.309 e. The van der Waals surface area contributed by atoms with E-state index >= 15 is 0 Å². The molecule has 49 heavy (non-hydrogen) atoms. The van der Waals surface area contributed by atoms with Crippen LogP contribution in [0.25, 0.3) is 0 Å². The number of fused-ring (bicyclic) bond motifs is 7. The minimum atomic E-state index is -1.02. The van der Waals surface area contributed by atoms with Crippen LogP contribution in [-0.2, 0) is 14.4 Å². The lowest BCUT2D eigenvalue weighted by molar-refractivity contribution is -0.237. The van der Waals surface area contributed by atoms with Crippen molar-refractivity contribution in [3.8, 4) is 0 Å². The van der Waals surface area contributed by atoms with Crippen molar-refractivity contribution in [2.75, 3.05) is 13.1 Å². The van der Waals surface area contributed by atoms with Crippen molar-refractivity contribution in [3.05, 3.63) is 12.2 Å². The van der Waals surface area contributed by atoms with Gasteiger partial charge in [-0.1, -0.05) is 59.6 Å². The summed E-state index contributed by atoms with van der Waals surface area (Å²) in [6, 6.07) is 0. The van der Waals surface area contributed by atoms with Crippen molar-refractivity contribution in [1.82, 2.24) is 10.6 Å². The number of aliphatic carboxylic acids is 1. The van der Waals surface area contributed by atoms with Crippen LogP contribution in [0, 0.1) is 62.6 Å². The number of unbranched alkanes of at least 4 members (excludes halogenated alkanes) is 3. The highest BCUT2D eigenvalue weighted by molar-refractivity contribution is 5.87. The second-order valence-electron chi connectivity index (χ2n) is 19.9. The summed E-state index contributed by atoms with van der Waals surface area (Å²) in [5, 5.41) is 17.0. The maximum absolute atomic E-state index is 13.8. The molecule has 0 saturated heterocycles. The molecule has 6 heteroatoms. The van der Waals surface area contributed by atoms with E-state index in [1.807, 2.05) is 0 Å². The van der Waals surface area contributed by atoms with E-state index in [9.17, 15) is 19.5 Å². The van der Waals surface area contributed by atoms with E-state index in [1.165, 1.54) is 76.2 Å². The number of hydrogen-bond donors (Lipinski definition) is 3. The lowest BCUT2D eigenvalue weighted by Gasteiger charge is -2.73. The van der Waals surface area contributed by atoms with Gasteiger partial charge in [-0.15, -0.1) is 0 Å². The molecule has 5 saturated carbocycles. The van der Waals surface area contributed by atoms with Gasteiger partial charge in [-0.25, -0.2) is 0 Å². The van der Waals surface area contributed by atoms with Gasteiger partial charge in [-0.05, 0) is 156 Å². The first-order chi connectivity index (χ1) is 22.8. The molecule has 0 aliphatic heterocycles. The Morgan fingerprint density at radius 2 is 1.45 bits per heavy atom. The molecular formula is C43H72N2O4. The Balaban J connectivity index is 1.33. The molecule has 5 aliphatic carbocycles. The van der Waals surface area contributed by atoms with Gasteiger partial charge >= 0.3 is 5.97 Å². The van der Waals surface area contributed by atoms with E-state index in [4.69, 9.17) is 0 Å². The second kappa shape index (κ2) is 13.7. The smallest absolute Gasteiger partial charge is 0.309 e. The molecule has 1 amide bonds. The Kier molecular flexibility index (Phi) is 10.8. The van der Waals surface area contributed by atoms with Gasteiger partial charge < -0.3 is 15.7 Å². The van der Waals surface area contributed by atoms with Crippen molar-refractivity contribution in [1.29, 1.82) is 0 Å². The van der Waals surface area contributed by atoms with E-state index in [1.54, 1.807) is 20.8 Å². The minimum absolute atomic E-state index is 0.0612. The van der Waals surface area contributed by atoms with E-state index in [0.29, 0.717) is 29.6 Å². The lowest BCUT2D eigenvalue weighted by atomic mass is 9.32. The average Bonchev–Trinajstić information content (AvgIpc) is 3.38. The number of rotatable bonds is 13.